The zero-order valence-corrected chi connectivity index (χ0v) is 13.7. The number of benzene rings is 1. The largest absolute Gasteiger partial charge is 0.382 e. The summed E-state index contributed by atoms with van der Waals surface area (Å²) in [6, 6.07) is 9.83. The Morgan fingerprint density at radius 1 is 1.36 bits per heavy atom. The summed E-state index contributed by atoms with van der Waals surface area (Å²) in [5.41, 5.74) is 2.80. The van der Waals surface area contributed by atoms with Crippen molar-refractivity contribution in [2.24, 2.45) is 5.16 Å². The van der Waals surface area contributed by atoms with E-state index in [0.717, 1.165) is 11.4 Å². The molecule has 0 bridgehead atoms. The standard InChI is InChI=1S/C17H13FN4O2S/c18-11-4-1-3-10(7-11)13-8-15(24-22-13)16(23)21-17-20-14(9-25-17)12-5-2-6-19-12/h1-7,9,15,19H,8H2,(H,20,21,23)/t15-/m0/s1. The molecular weight excluding hydrogens is 343 g/mol. The molecule has 0 saturated heterocycles. The van der Waals surface area contributed by atoms with Crippen LogP contribution in [0.25, 0.3) is 11.4 Å². The molecule has 0 radical (unpaired) electrons. The number of aromatic amines is 1. The van der Waals surface area contributed by atoms with Crippen LogP contribution in [0.15, 0.2) is 53.1 Å². The average molecular weight is 356 g/mol. The number of hydrogen-bond acceptors (Lipinski definition) is 5. The number of anilines is 1. The van der Waals surface area contributed by atoms with Crippen molar-refractivity contribution in [3.63, 3.8) is 0 Å². The Labute approximate surface area is 146 Å². The second-order valence-corrected chi connectivity index (χ2v) is 6.32. The lowest BCUT2D eigenvalue weighted by atomic mass is 10.0. The number of halogens is 1. The third-order valence-electron chi connectivity index (χ3n) is 3.73. The van der Waals surface area contributed by atoms with E-state index < -0.39 is 6.10 Å². The molecule has 1 aliphatic heterocycles. The second-order valence-electron chi connectivity index (χ2n) is 5.46. The molecule has 8 heteroatoms. The van der Waals surface area contributed by atoms with Crippen LogP contribution in [-0.4, -0.2) is 27.7 Å². The molecule has 0 spiro atoms. The fourth-order valence-electron chi connectivity index (χ4n) is 2.49. The van der Waals surface area contributed by atoms with Gasteiger partial charge in [0.1, 0.15) is 5.82 Å². The minimum Gasteiger partial charge on any atom is -0.382 e. The fourth-order valence-corrected chi connectivity index (χ4v) is 3.20. The maximum Gasteiger partial charge on any atom is 0.270 e. The Morgan fingerprint density at radius 3 is 3.08 bits per heavy atom. The van der Waals surface area contributed by atoms with Crippen molar-refractivity contribution >= 4 is 28.1 Å². The van der Waals surface area contributed by atoms with E-state index in [9.17, 15) is 9.18 Å². The first kappa shape index (κ1) is 15.5. The first-order valence-corrected chi connectivity index (χ1v) is 8.46. The van der Waals surface area contributed by atoms with Gasteiger partial charge < -0.3 is 9.82 Å². The Balaban J connectivity index is 1.40. The van der Waals surface area contributed by atoms with Gasteiger partial charge in [-0.3, -0.25) is 10.1 Å². The predicted octanol–water partition coefficient (Wildman–Crippen LogP) is 3.41. The lowest BCUT2D eigenvalue weighted by Crippen LogP contribution is -2.28. The van der Waals surface area contributed by atoms with Gasteiger partial charge in [0.05, 0.1) is 17.1 Å². The number of hydrogen-bond donors (Lipinski definition) is 2. The van der Waals surface area contributed by atoms with Crippen LogP contribution < -0.4 is 5.32 Å². The van der Waals surface area contributed by atoms with Gasteiger partial charge in [0.15, 0.2) is 5.13 Å². The molecule has 0 aliphatic carbocycles. The molecule has 1 amide bonds. The molecule has 1 atom stereocenters. The van der Waals surface area contributed by atoms with Crippen LogP contribution in [0.3, 0.4) is 0 Å². The van der Waals surface area contributed by atoms with E-state index in [1.807, 2.05) is 23.7 Å². The number of carbonyl (C=O) groups is 1. The summed E-state index contributed by atoms with van der Waals surface area (Å²) in [7, 11) is 0. The van der Waals surface area contributed by atoms with Gasteiger partial charge in [-0.15, -0.1) is 11.3 Å². The number of rotatable bonds is 4. The van der Waals surface area contributed by atoms with Crippen molar-refractivity contribution < 1.29 is 14.0 Å². The van der Waals surface area contributed by atoms with Crippen molar-refractivity contribution in [3.05, 3.63) is 59.4 Å². The quantitative estimate of drug-likeness (QED) is 0.752. The minimum atomic E-state index is -0.754. The molecule has 2 N–H and O–H groups in total. The van der Waals surface area contributed by atoms with Crippen LogP contribution in [0.5, 0.6) is 0 Å². The summed E-state index contributed by atoms with van der Waals surface area (Å²) in [6.07, 6.45) is 1.34. The smallest absolute Gasteiger partial charge is 0.270 e. The van der Waals surface area contributed by atoms with Crippen LogP contribution >= 0.6 is 11.3 Å². The number of aromatic nitrogens is 2. The van der Waals surface area contributed by atoms with Crippen LogP contribution in [0.1, 0.15) is 12.0 Å². The van der Waals surface area contributed by atoms with Crippen molar-refractivity contribution in [1.82, 2.24) is 9.97 Å². The lowest BCUT2D eigenvalue weighted by Gasteiger charge is -2.07. The van der Waals surface area contributed by atoms with Gasteiger partial charge in [-0.05, 0) is 24.3 Å². The summed E-state index contributed by atoms with van der Waals surface area (Å²) in [4.78, 5) is 25.0. The van der Waals surface area contributed by atoms with Crippen LogP contribution in [-0.2, 0) is 9.63 Å². The SMILES string of the molecule is O=C(Nc1nc(-c2ccc[nH]2)cs1)[C@@H]1CC(c2cccc(F)c2)=NO1. The number of nitrogens with zero attached hydrogens (tertiary/aromatic N) is 2. The Kier molecular flexibility index (Phi) is 4.02. The maximum atomic E-state index is 13.3. The molecule has 1 aromatic carbocycles. The third-order valence-corrected chi connectivity index (χ3v) is 4.49. The van der Waals surface area contributed by atoms with Gasteiger partial charge in [0.25, 0.3) is 5.91 Å². The van der Waals surface area contributed by atoms with E-state index in [4.69, 9.17) is 4.84 Å². The first-order valence-electron chi connectivity index (χ1n) is 7.58. The van der Waals surface area contributed by atoms with Crippen LogP contribution in [0.2, 0.25) is 0 Å². The van der Waals surface area contributed by atoms with E-state index in [1.165, 1.54) is 23.5 Å². The monoisotopic (exact) mass is 356 g/mol. The highest BCUT2D eigenvalue weighted by Gasteiger charge is 2.29. The molecule has 0 unspecified atom stereocenters. The molecule has 3 heterocycles. The third kappa shape index (κ3) is 3.29. The number of carbonyl (C=O) groups excluding carboxylic acids is 1. The number of thiazole rings is 1. The zero-order chi connectivity index (χ0) is 17.2. The molecule has 0 saturated carbocycles. The zero-order valence-electron chi connectivity index (χ0n) is 12.9. The summed E-state index contributed by atoms with van der Waals surface area (Å²) in [6.45, 7) is 0. The van der Waals surface area contributed by atoms with Crippen molar-refractivity contribution in [2.45, 2.75) is 12.5 Å². The van der Waals surface area contributed by atoms with E-state index in [-0.39, 0.29) is 18.1 Å². The number of nitrogens with one attached hydrogen (secondary N) is 2. The molecule has 1 aliphatic rings. The van der Waals surface area contributed by atoms with Crippen LogP contribution in [0.4, 0.5) is 9.52 Å². The van der Waals surface area contributed by atoms with Crippen molar-refractivity contribution in [2.75, 3.05) is 5.32 Å². The molecule has 4 rings (SSSR count). The lowest BCUT2D eigenvalue weighted by molar-refractivity contribution is -0.125. The van der Waals surface area contributed by atoms with Crippen molar-refractivity contribution in [1.29, 1.82) is 0 Å². The highest BCUT2D eigenvalue weighted by molar-refractivity contribution is 7.14. The summed E-state index contributed by atoms with van der Waals surface area (Å²) >= 11 is 1.33. The molecule has 0 fully saturated rings. The van der Waals surface area contributed by atoms with E-state index in [0.29, 0.717) is 16.4 Å². The minimum absolute atomic E-state index is 0.282. The second kappa shape index (κ2) is 6.48. The maximum absolute atomic E-state index is 13.3. The Morgan fingerprint density at radius 2 is 2.28 bits per heavy atom. The van der Waals surface area contributed by atoms with E-state index in [2.05, 4.69) is 20.4 Å². The van der Waals surface area contributed by atoms with Gasteiger partial charge >= 0.3 is 0 Å². The fraction of sp³-hybridized carbons (Fsp3) is 0.118. The summed E-state index contributed by atoms with van der Waals surface area (Å²) in [5, 5.41) is 8.97. The summed E-state index contributed by atoms with van der Waals surface area (Å²) in [5.74, 6) is -0.685. The molecular formula is C17H13FN4O2S. The highest BCUT2D eigenvalue weighted by Crippen LogP contribution is 2.25. The molecule has 25 heavy (non-hydrogen) atoms. The van der Waals surface area contributed by atoms with Gasteiger partial charge in [0.2, 0.25) is 6.10 Å². The van der Waals surface area contributed by atoms with Gasteiger partial charge in [-0.2, -0.15) is 0 Å². The topological polar surface area (TPSA) is 79.4 Å². The molecule has 126 valence electrons. The van der Waals surface area contributed by atoms with Crippen LogP contribution in [0, 0.1) is 5.82 Å². The molecule has 2 aromatic heterocycles. The number of H-pyrrole nitrogens is 1. The molecule has 6 nitrogen and oxygen atoms in total. The Bertz CT molecular complexity index is 936. The van der Waals surface area contributed by atoms with Gasteiger partial charge in [-0.25, -0.2) is 9.37 Å². The van der Waals surface area contributed by atoms with Gasteiger partial charge in [-0.1, -0.05) is 17.3 Å². The van der Waals surface area contributed by atoms with E-state index >= 15 is 0 Å². The average Bonchev–Trinajstić information content (AvgIpc) is 3.35. The normalized spacial score (nSPS) is 16.4. The van der Waals surface area contributed by atoms with Gasteiger partial charge in [0, 0.05) is 23.6 Å². The Hall–Kier alpha value is -3.00. The summed E-state index contributed by atoms with van der Waals surface area (Å²) < 4.78 is 13.3. The molecule has 3 aromatic rings. The first-order chi connectivity index (χ1) is 12.2. The predicted molar refractivity (Wildman–Crippen MR) is 93.0 cm³/mol. The number of amides is 1. The van der Waals surface area contributed by atoms with E-state index in [1.54, 1.807) is 12.1 Å². The number of oxime groups is 1. The highest BCUT2D eigenvalue weighted by atomic mass is 32.1. The van der Waals surface area contributed by atoms with Crippen molar-refractivity contribution in [3.8, 4) is 11.4 Å².